The Morgan fingerprint density at radius 1 is 1.44 bits per heavy atom. The molecular formula is C11H11Br2ClO2. The van der Waals surface area contributed by atoms with Gasteiger partial charge in [-0.25, -0.2) is 0 Å². The Hall–Kier alpha value is -0.0600. The number of hydrogen-bond donors (Lipinski definition) is 0. The number of ether oxygens (including phenoxy) is 1. The molecule has 0 heterocycles. The summed E-state index contributed by atoms with van der Waals surface area (Å²) in [6.45, 7) is 2.17. The highest BCUT2D eigenvalue weighted by Crippen LogP contribution is 2.27. The number of benzene rings is 1. The Kier molecular flexibility index (Phi) is 5.79. The van der Waals surface area contributed by atoms with Crippen molar-refractivity contribution in [3.63, 3.8) is 0 Å². The molecule has 0 saturated heterocycles. The summed E-state index contributed by atoms with van der Waals surface area (Å²) in [5.41, 5.74) is 1.83. The third-order valence-corrected chi connectivity index (χ3v) is 3.69. The number of esters is 1. The van der Waals surface area contributed by atoms with Crippen LogP contribution in [0.15, 0.2) is 16.6 Å². The zero-order chi connectivity index (χ0) is 12.1. The van der Waals surface area contributed by atoms with Crippen LogP contribution in [0.1, 0.15) is 18.1 Å². The summed E-state index contributed by atoms with van der Waals surface area (Å²) in [7, 11) is 0. The van der Waals surface area contributed by atoms with Crippen LogP contribution in [0.3, 0.4) is 0 Å². The van der Waals surface area contributed by atoms with Gasteiger partial charge in [-0.05, 0) is 30.2 Å². The first-order valence-electron chi connectivity index (χ1n) is 4.76. The quantitative estimate of drug-likeness (QED) is 0.589. The van der Waals surface area contributed by atoms with Crippen molar-refractivity contribution < 1.29 is 9.53 Å². The topological polar surface area (TPSA) is 26.3 Å². The van der Waals surface area contributed by atoms with Crippen LogP contribution in [0, 0.1) is 0 Å². The molecule has 0 spiro atoms. The Labute approximate surface area is 117 Å². The second kappa shape index (κ2) is 6.62. The van der Waals surface area contributed by atoms with Gasteiger partial charge in [0.1, 0.15) is 0 Å². The van der Waals surface area contributed by atoms with E-state index in [4.69, 9.17) is 16.3 Å². The number of hydrogen-bond acceptors (Lipinski definition) is 2. The molecule has 1 rings (SSSR count). The van der Waals surface area contributed by atoms with Gasteiger partial charge in [-0.15, -0.1) is 0 Å². The molecule has 88 valence electrons. The molecule has 0 amide bonds. The second-order valence-electron chi connectivity index (χ2n) is 3.15. The molecule has 0 saturated carbocycles. The summed E-state index contributed by atoms with van der Waals surface area (Å²) >= 11 is 12.9. The van der Waals surface area contributed by atoms with Gasteiger partial charge in [-0.3, -0.25) is 4.79 Å². The van der Waals surface area contributed by atoms with Crippen molar-refractivity contribution in [1.29, 1.82) is 0 Å². The fourth-order valence-corrected chi connectivity index (χ4v) is 2.86. The molecule has 0 aromatic heterocycles. The first-order chi connectivity index (χ1) is 7.58. The zero-order valence-corrected chi connectivity index (χ0v) is 12.7. The molecule has 16 heavy (non-hydrogen) atoms. The molecule has 0 fully saturated rings. The second-order valence-corrected chi connectivity index (χ2v) is 4.97. The standard InChI is InChI=1S/C11H11Br2ClO2/c1-2-16-11(15)5-7-3-9(13)8(6-12)4-10(7)14/h3-4H,2,5-6H2,1H3. The Morgan fingerprint density at radius 2 is 2.12 bits per heavy atom. The maximum Gasteiger partial charge on any atom is 0.310 e. The first kappa shape index (κ1) is 14.0. The van der Waals surface area contributed by atoms with Gasteiger partial charge in [0.05, 0.1) is 13.0 Å². The van der Waals surface area contributed by atoms with Crippen LogP contribution in [0.4, 0.5) is 0 Å². The molecule has 1 aromatic rings. The van der Waals surface area contributed by atoms with Crippen LogP contribution >= 0.6 is 43.5 Å². The van der Waals surface area contributed by atoms with E-state index >= 15 is 0 Å². The van der Waals surface area contributed by atoms with E-state index in [1.54, 1.807) is 6.92 Å². The molecule has 0 radical (unpaired) electrons. The highest BCUT2D eigenvalue weighted by Gasteiger charge is 2.10. The Balaban J connectivity index is 2.89. The summed E-state index contributed by atoms with van der Waals surface area (Å²) in [6.07, 6.45) is 0.202. The van der Waals surface area contributed by atoms with Crippen LogP contribution in [-0.2, 0) is 21.3 Å². The highest BCUT2D eigenvalue weighted by atomic mass is 79.9. The lowest BCUT2D eigenvalue weighted by Gasteiger charge is -2.08. The fraction of sp³-hybridized carbons (Fsp3) is 0.364. The van der Waals surface area contributed by atoms with Gasteiger partial charge in [0.25, 0.3) is 0 Å². The number of halogens is 3. The molecular weight excluding hydrogens is 359 g/mol. The smallest absolute Gasteiger partial charge is 0.310 e. The molecule has 1 aromatic carbocycles. The lowest BCUT2D eigenvalue weighted by Crippen LogP contribution is -2.08. The van der Waals surface area contributed by atoms with Crippen molar-refractivity contribution in [2.24, 2.45) is 0 Å². The van der Waals surface area contributed by atoms with Crippen molar-refractivity contribution >= 4 is 49.4 Å². The maximum atomic E-state index is 11.3. The van der Waals surface area contributed by atoms with E-state index in [0.29, 0.717) is 17.0 Å². The van der Waals surface area contributed by atoms with E-state index in [2.05, 4.69) is 31.9 Å². The minimum absolute atomic E-state index is 0.202. The molecule has 0 unspecified atom stereocenters. The minimum Gasteiger partial charge on any atom is -0.466 e. The first-order valence-corrected chi connectivity index (χ1v) is 7.06. The predicted octanol–water partition coefficient (Wildman–Crippen LogP) is 4.10. The molecule has 0 aliphatic heterocycles. The predicted molar refractivity (Wildman–Crippen MR) is 72.1 cm³/mol. The maximum absolute atomic E-state index is 11.3. The zero-order valence-electron chi connectivity index (χ0n) is 8.73. The normalized spacial score (nSPS) is 10.2. The molecule has 5 heteroatoms. The van der Waals surface area contributed by atoms with E-state index in [0.717, 1.165) is 15.6 Å². The van der Waals surface area contributed by atoms with E-state index < -0.39 is 0 Å². The van der Waals surface area contributed by atoms with Gasteiger partial charge in [0.15, 0.2) is 0 Å². The summed E-state index contributed by atoms with van der Waals surface area (Å²) in [5.74, 6) is -0.261. The van der Waals surface area contributed by atoms with Crippen LogP contribution in [-0.4, -0.2) is 12.6 Å². The number of carbonyl (C=O) groups is 1. The van der Waals surface area contributed by atoms with Gasteiger partial charge in [-0.2, -0.15) is 0 Å². The van der Waals surface area contributed by atoms with Crippen molar-refractivity contribution in [1.82, 2.24) is 0 Å². The monoisotopic (exact) mass is 368 g/mol. The van der Waals surface area contributed by atoms with Gasteiger partial charge in [0.2, 0.25) is 0 Å². The van der Waals surface area contributed by atoms with Gasteiger partial charge < -0.3 is 4.74 Å². The van der Waals surface area contributed by atoms with Crippen LogP contribution < -0.4 is 0 Å². The largest absolute Gasteiger partial charge is 0.466 e. The number of rotatable bonds is 4. The van der Waals surface area contributed by atoms with Crippen LogP contribution in [0.5, 0.6) is 0 Å². The summed E-state index contributed by atoms with van der Waals surface area (Å²) in [4.78, 5) is 11.3. The van der Waals surface area contributed by atoms with Crippen molar-refractivity contribution in [3.05, 3.63) is 32.8 Å². The van der Waals surface area contributed by atoms with Crippen molar-refractivity contribution in [2.75, 3.05) is 6.61 Å². The molecule has 0 N–H and O–H groups in total. The number of alkyl halides is 1. The molecule has 0 bridgehead atoms. The summed E-state index contributed by atoms with van der Waals surface area (Å²) in [6, 6.07) is 3.70. The fourth-order valence-electron chi connectivity index (χ4n) is 1.23. The number of carbonyl (C=O) groups excluding carboxylic acids is 1. The third kappa shape index (κ3) is 3.75. The Morgan fingerprint density at radius 3 is 2.69 bits per heavy atom. The molecule has 0 atom stereocenters. The van der Waals surface area contributed by atoms with E-state index in [1.807, 2.05) is 12.1 Å². The molecule has 0 aliphatic carbocycles. The SMILES string of the molecule is CCOC(=O)Cc1cc(Br)c(CBr)cc1Cl. The third-order valence-electron chi connectivity index (χ3n) is 2.00. The van der Waals surface area contributed by atoms with E-state index in [9.17, 15) is 4.79 Å². The molecule has 0 aliphatic rings. The Bertz CT molecular complexity index is 394. The van der Waals surface area contributed by atoms with Crippen molar-refractivity contribution in [2.45, 2.75) is 18.7 Å². The average Bonchev–Trinajstić information content (AvgIpc) is 2.23. The van der Waals surface area contributed by atoms with Crippen LogP contribution in [0.25, 0.3) is 0 Å². The summed E-state index contributed by atoms with van der Waals surface area (Å²) < 4.78 is 5.81. The molecule has 2 nitrogen and oxygen atoms in total. The highest BCUT2D eigenvalue weighted by molar-refractivity contribution is 9.10. The average molecular weight is 370 g/mol. The summed E-state index contributed by atoms with van der Waals surface area (Å²) in [5, 5.41) is 1.30. The van der Waals surface area contributed by atoms with E-state index in [1.165, 1.54) is 0 Å². The van der Waals surface area contributed by atoms with E-state index in [-0.39, 0.29) is 12.4 Å². The van der Waals surface area contributed by atoms with Crippen LogP contribution in [0.2, 0.25) is 5.02 Å². The minimum atomic E-state index is -0.261. The van der Waals surface area contributed by atoms with Gasteiger partial charge >= 0.3 is 5.97 Å². The lowest BCUT2D eigenvalue weighted by atomic mass is 10.1. The van der Waals surface area contributed by atoms with Gasteiger partial charge in [0, 0.05) is 14.8 Å². The van der Waals surface area contributed by atoms with Gasteiger partial charge in [-0.1, -0.05) is 43.5 Å². The lowest BCUT2D eigenvalue weighted by molar-refractivity contribution is -0.142. The van der Waals surface area contributed by atoms with Crippen molar-refractivity contribution in [3.8, 4) is 0 Å².